The number of amides is 1. The number of carboxylic acid groups (broad SMARTS) is 1. The van der Waals surface area contributed by atoms with Gasteiger partial charge in [0.05, 0.1) is 12.8 Å². The summed E-state index contributed by atoms with van der Waals surface area (Å²) >= 11 is 0. The third kappa shape index (κ3) is 5.42. The van der Waals surface area contributed by atoms with Gasteiger partial charge in [0, 0.05) is 5.56 Å². The van der Waals surface area contributed by atoms with Gasteiger partial charge in [-0.3, -0.25) is 9.59 Å². The molecule has 0 atom stereocenters. The summed E-state index contributed by atoms with van der Waals surface area (Å²) < 4.78 is 19.7. The molecule has 148 valence electrons. The molecule has 5 nitrogen and oxygen atoms in total. The predicted molar refractivity (Wildman–Crippen MR) is 107 cm³/mol. The zero-order valence-corrected chi connectivity index (χ0v) is 15.6. The Kier molecular flexibility index (Phi) is 6.24. The lowest BCUT2D eigenvalue weighted by molar-refractivity contribution is -0.136. The number of rotatable bonds is 8. The maximum atomic E-state index is 13.9. The third-order valence-corrected chi connectivity index (χ3v) is 4.38. The fraction of sp³-hybridized carbons (Fsp3) is 0.130. The van der Waals surface area contributed by atoms with Gasteiger partial charge in [-0.15, -0.1) is 0 Å². The molecule has 0 spiro atoms. The molecule has 0 saturated carbocycles. The standard InChI is InChI=1S/C23H20FNO4/c24-20-9-8-17(11-19(20)12-22(25)26)16-6-3-4-15(10-16)14-29-21-7-2-1-5-18(21)13-23(27)28/h1-11H,12-14H2,(H2,25,26)(H,27,28). The Morgan fingerprint density at radius 2 is 1.66 bits per heavy atom. The minimum Gasteiger partial charge on any atom is -0.489 e. The lowest BCUT2D eigenvalue weighted by atomic mass is 9.99. The van der Waals surface area contributed by atoms with E-state index in [1.807, 2.05) is 24.3 Å². The van der Waals surface area contributed by atoms with Crippen molar-refractivity contribution in [2.24, 2.45) is 5.73 Å². The van der Waals surface area contributed by atoms with Crippen LogP contribution in [0.3, 0.4) is 0 Å². The molecule has 0 saturated heterocycles. The zero-order chi connectivity index (χ0) is 20.8. The molecule has 0 aliphatic heterocycles. The van der Waals surface area contributed by atoms with Gasteiger partial charge in [-0.1, -0.05) is 42.5 Å². The van der Waals surface area contributed by atoms with Gasteiger partial charge in [-0.05, 0) is 46.5 Å². The number of para-hydroxylation sites is 1. The molecule has 0 aliphatic rings. The second kappa shape index (κ2) is 9.01. The van der Waals surface area contributed by atoms with Crippen molar-refractivity contribution in [1.82, 2.24) is 0 Å². The maximum Gasteiger partial charge on any atom is 0.307 e. The van der Waals surface area contributed by atoms with Crippen LogP contribution in [0, 0.1) is 5.82 Å². The lowest BCUT2D eigenvalue weighted by Gasteiger charge is -2.12. The zero-order valence-electron chi connectivity index (χ0n) is 15.6. The van der Waals surface area contributed by atoms with Gasteiger partial charge >= 0.3 is 5.97 Å². The molecule has 3 rings (SSSR count). The van der Waals surface area contributed by atoms with E-state index in [-0.39, 0.29) is 25.0 Å². The van der Waals surface area contributed by atoms with Crippen molar-refractivity contribution in [3.8, 4) is 16.9 Å². The van der Waals surface area contributed by atoms with Crippen LogP contribution in [0.5, 0.6) is 5.75 Å². The summed E-state index contributed by atoms with van der Waals surface area (Å²) in [4.78, 5) is 22.1. The van der Waals surface area contributed by atoms with Crippen LogP contribution < -0.4 is 10.5 Å². The van der Waals surface area contributed by atoms with Crippen LogP contribution in [0.1, 0.15) is 16.7 Å². The van der Waals surface area contributed by atoms with E-state index in [1.165, 1.54) is 6.07 Å². The van der Waals surface area contributed by atoms with Crippen LogP contribution in [-0.4, -0.2) is 17.0 Å². The van der Waals surface area contributed by atoms with E-state index < -0.39 is 17.7 Å². The fourth-order valence-electron chi connectivity index (χ4n) is 3.03. The van der Waals surface area contributed by atoms with Crippen molar-refractivity contribution < 1.29 is 23.8 Å². The lowest BCUT2D eigenvalue weighted by Crippen LogP contribution is -2.14. The first kappa shape index (κ1) is 20.1. The van der Waals surface area contributed by atoms with E-state index >= 15 is 0 Å². The predicted octanol–water partition coefficient (Wildman–Crippen LogP) is 3.73. The average molecular weight is 393 g/mol. The fourth-order valence-corrected chi connectivity index (χ4v) is 3.03. The Morgan fingerprint density at radius 1 is 0.897 bits per heavy atom. The van der Waals surface area contributed by atoms with E-state index in [4.69, 9.17) is 15.6 Å². The summed E-state index contributed by atoms with van der Waals surface area (Å²) in [5.41, 5.74) is 8.51. The minimum atomic E-state index is -0.925. The van der Waals surface area contributed by atoms with Crippen molar-refractivity contribution in [1.29, 1.82) is 0 Å². The van der Waals surface area contributed by atoms with E-state index in [2.05, 4.69) is 0 Å². The molecule has 0 unspecified atom stereocenters. The van der Waals surface area contributed by atoms with Gasteiger partial charge in [-0.25, -0.2) is 4.39 Å². The van der Waals surface area contributed by atoms with Crippen LogP contribution in [-0.2, 0) is 29.0 Å². The highest BCUT2D eigenvalue weighted by molar-refractivity contribution is 5.77. The topological polar surface area (TPSA) is 89.6 Å². The van der Waals surface area contributed by atoms with Crippen molar-refractivity contribution in [3.05, 3.63) is 89.2 Å². The van der Waals surface area contributed by atoms with E-state index in [0.717, 1.165) is 16.7 Å². The van der Waals surface area contributed by atoms with Gasteiger partial charge in [0.1, 0.15) is 18.2 Å². The highest BCUT2D eigenvalue weighted by atomic mass is 19.1. The normalized spacial score (nSPS) is 10.5. The Morgan fingerprint density at radius 3 is 2.41 bits per heavy atom. The summed E-state index contributed by atoms with van der Waals surface area (Å²) in [7, 11) is 0. The minimum absolute atomic E-state index is 0.117. The van der Waals surface area contributed by atoms with Gasteiger partial charge < -0.3 is 15.6 Å². The number of primary amides is 1. The molecule has 0 fully saturated rings. The highest BCUT2D eigenvalue weighted by Crippen LogP contribution is 2.25. The molecule has 3 aromatic carbocycles. The Labute approximate surface area is 167 Å². The molecule has 1 amide bonds. The number of nitrogens with two attached hydrogens (primary N) is 1. The summed E-state index contributed by atoms with van der Waals surface area (Å²) in [6.45, 7) is 0.250. The Balaban J connectivity index is 1.79. The van der Waals surface area contributed by atoms with Gasteiger partial charge in [0.2, 0.25) is 5.91 Å². The second-order valence-electron chi connectivity index (χ2n) is 6.62. The summed E-state index contributed by atoms with van der Waals surface area (Å²) in [5, 5.41) is 9.02. The van der Waals surface area contributed by atoms with Crippen LogP contribution in [0.25, 0.3) is 11.1 Å². The van der Waals surface area contributed by atoms with Crippen LogP contribution in [0.4, 0.5) is 4.39 Å². The van der Waals surface area contributed by atoms with Gasteiger partial charge in [0.25, 0.3) is 0 Å². The first-order valence-electron chi connectivity index (χ1n) is 9.01. The number of carbonyl (C=O) groups excluding carboxylic acids is 1. The smallest absolute Gasteiger partial charge is 0.307 e. The first-order chi connectivity index (χ1) is 13.9. The van der Waals surface area contributed by atoms with Gasteiger partial charge in [-0.2, -0.15) is 0 Å². The van der Waals surface area contributed by atoms with Crippen molar-refractivity contribution in [2.45, 2.75) is 19.4 Å². The summed E-state index contributed by atoms with van der Waals surface area (Å²) in [6, 6.07) is 19.1. The molecule has 0 bridgehead atoms. The maximum absolute atomic E-state index is 13.9. The van der Waals surface area contributed by atoms with Crippen LogP contribution in [0.15, 0.2) is 66.7 Å². The number of carboxylic acids is 1. The molecular weight excluding hydrogens is 373 g/mol. The number of benzene rings is 3. The van der Waals surface area contributed by atoms with Crippen molar-refractivity contribution in [2.75, 3.05) is 0 Å². The number of aliphatic carboxylic acids is 1. The molecule has 0 radical (unpaired) electrons. The molecule has 0 heterocycles. The monoisotopic (exact) mass is 393 g/mol. The Hall–Kier alpha value is -3.67. The number of carbonyl (C=O) groups is 2. The first-order valence-corrected chi connectivity index (χ1v) is 9.01. The number of ether oxygens (including phenoxy) is 1. The SMILES string of the molecule is NC(=O)Cc1cc(-c2cccc(COc3ccccc3CC(=O)O)c2)ccc1F. The number of hydrogen-bond donors (Lipinski definition) is 2. The van der Waals surface area contributed by atoms with E-state index in [9.17, 15) is 14.0 Å². The van der Waals surface area contributed by atoms with Crippen molar-refractivity contribution >= 4 is 11.9 Å². The summed E-state index contributed by atoms with van der Waals surface area (Å²) in [5.74, 6) is -1.47. The highest BCUT2D eigenvalue weighted by Gasteiger charge is 2.10. The van der Waals surface area contributed by atoms with Crippen molar-refractivity contribution in [3.63, 3.8) is 0 Å². The average Bonchev–Trinajstić information content (AvgIpc) is 2.68. The number of hydrogen-bond acceptors (Lipinski definition) is 3. The van der Waals surface area contributed by atoms with Crippen LogP contribution >= 0.6 is 0 Å². The molecule has 29 heavy (non-hydrogen) atoms. The van der Waals surface area contributed by atoms with Gasteiger partial charge in [0.15, 0.2) is 0 Å². The largest absolute Gasteiger partial charge is 0.489 e. The van der Waals surface area contributed by atoms with E-state index in [1.54, 1.807) is 36.4 Å². The third-order valence-electron chi connectivity index (χ3n) is 4.38. The second-order valence-corrected chi connectivity index (χ2v) is 6.62. The quantitative estimate of drug-likeness (QED) is 0.610. The Bertz CT molecular complexity index is 1050. The van der Waals surface area contributed by atoms with Crippen LogP contribution in [0.2, 0.25) is 0 Å². The number of halogens is 1. The summed E-state index contributed by atoms with van der Waals surface area (Å²) in [6.07, 6.45) is -0.280. The molecule has 3 N–H and O–H groups in total. The molecule has 0 aliphatic carbocycles. The van der Waals surface area contributed by atoms with E-state index in [0.29, 0.717) is 11.3 Å². The molecule has 0 aromatic heterocycles. The molecular formula is C23H20FNO4. The molecule has 3 aromatic rings. The molecule has 6 heteroatoms.